The molecule has 108 valence electrons. The number of nitrogens with one attached hydrogen (secondary N) is 1. The summed E-state index contributed by atoms with van der Waals surface area (Å²) in [6, 6.07) is 4.41. The Morgan fingerprint density at radius 1 is 1.30 bits per heavy atom. The van der Waals surface area contributed by atoms with Crippen LogP contribution in [0.5, 0.6) is 0 Å². The smallest absolute Gasteiger partial charge is 0.226 e. The molecule has 1 unspecified atom stereocenters. The Morgan fingerprint density at radius 3 is 2.85 bits per heavy atom. The number of pyridine rings is 1. The SMILES string of the molecule is CCCNC(C)CCc1nc(Cc2ccncc2)no1. The van der Waals surface area contributed by atoms with Gasteiger partial charge in [-0.05, 0) is 44.0 Å². The normalized spacial score (nSPS) is 12.5. The summed E-state index contributed by atoms with van der Waals surface area (Å²) >= 11 is 0. The summed E-state index contributed by atoms with van der Waals surface area (Å²) in [7, 11) is 0. The highest BCUT2D eigenvalue weighted by Gasteiger charge is 2.09. The van der Waals surface area contributed by atoms with Gasteiger partial charge in [0.05, 0.1) is 0 Å². The van der Waals surface area contributed by atoms with Crippen molar-refractivity contribution in [2.75, 3.05) is 6.54 Å². The van der Waals surface area contributed by atoms with Crippen molar-refractivity contribution < 1.29 is 4.52 Å². The van der Waals surface area contributed by atoms with Crippen LogP contribution >= 0.6 is 0 Å². The summed E-state index contributed by atoms with van der Waals surface area (Å²) in [6.07, 6.45) is 7.23. The van der Waals surface area contributed by atoms with E-state index in [2.05, 4.69) is 34.3 Å². The van der Waals surface area contributed by atoms with Crippen LogP contribution in [-0.4, -0.2) is 27.7 Å². The summed E-state index contributed by atoms with van der Waals surface area (Å²) in [5.74, 6) is 1.46. The molecule has 0 radical (unpaired) electrons. The van der Waals surface area contributed by atoms with Crippen molar-refractivity contribution in [1.29, 1.82) is 0 Å². The van der Waals surface area contributed by atoms with Gasteiger partial charge in [0.25, 0.3) is 0 Å². The first-order valence-corrected chi connectivity index (χ1v) is 7.21. The van der Waals surface area contributed by atoms with Crippen LogP contribution in [0.1, 0.15) is 44.0 Å². The minimum absolute atomic E-state index is 0.477. The van der Waals surface area contributed by atoms with Crippen molar-refractivity contribution >= 4 is 0 Å². The lowest BCUT2D eigenvalue weighted by Crippen LogP contribution is -2.27. The summed E-state index contributed by atoms with van der Waals surface area (Å²) < 4.78 is 5.29. The Hall–Kier alpha value is -1.75. The van der Waals surface area contributed by atoms with Crippen LogP contribution in [0.4, 0.5) is 0 Å². The lowest BCUT2D eigenvalue weighted by atomic mass is 10.2. The topological polar surface area (TPSA) is 63.8 Å². The van der Waals surface area contributed by atoms with Crippen LogP contribution in [0.3, 0.4) is 0 Å². The molecule has 0 bridgehead atoms. The Balaban J connectivity index is 1.80. The predicted octanol–water partition coefficient (Wildman–Crippen LogP) is 2.38. The number of hydrogen-bond donors (Lipinski definition) is 1. The number of rotatable bonds is 8. The molecule has 2 aromatic rings. The van der Waals surface area contributed by atoms with Crippen molar-refractivity contribution in [2.24, 2.45) is 0 Å². The second-order valence-corrected chi connectivity index (χ2v) is 5.03. The zero-order valence-corrected chi connectivity index (χ0v) is 12.2. The highest BCUT2D eigenvalue weighted by atomic mass is 16.5. The van der Waals surface area contributed by atoms with Gasteiger partial charge in [-0.1, -0.05) is 12.1 Å². The van der Waals surface area contributed by atoms with E-state index in [1.165, 1.54) is 0 Å². The molecule has 0 saturated carbocycles. The zero-order valence-electron chi connectivity index (χ0n) is 12.2. The zero-order chi connectivity index (χ0) is 14.2. The molecule has 0 aromatic carbocycles. The second-order valence-electron chi connectivity index (χ2n) is 5.03. The van der Waals surface area contributed by atoms with Gasteiger partial charge in [-0.25, -0.2) is 0 Å². The van der Waals surface area contributed by atoms with E-state index in [0.717, 1.165) is 43.1 Å². The molecular formula is C15H22N4O. The minimum atomic E-state index is 0.477. The van der Waals surface area contributed by atoms with Gasteiger partial charge in [0.2, 0.25) is 5.89 Å². The highest BCUT2D eigenvalue weighted by molar-refractivity contribution is 5.14. The molecule has 2 rings (SSSR count). The molecule has 0 amide bonds. The third-order valence-corrected chi connectivity index (χ3v) is 3.16. The fourth-order valence-electron chi connectivity index (χ4n) is 1.98. The van der Waals surface area contributed by atoms with Crippen LogP contribution in [0.15, 0.2) is 29.0 Å². The molecule has 0 fully saturated rings. The molecule has 1 atom stereocenters. The number of aromatic nitrogens is 3. The molecule has 0 aliphatic heterocycles. The van der Waals surface area contributed by atoms with Crippen LogP contribution in [0.2, 0.25) is 0 Å². The summed E-state index contributed by atoms with van der Waals surface area (Å²) in [4.78, 5) is 8.43. The molecule has 0 aliphatic rings. The molecular weight excluding hydrogens is 252 g/mol. The Bertz CT molecular complexity index is 498. The van der Waals surface area contributed by atoms with E-state index in [-0.39, 0.29) is 0 Å². The maximum atomic E-state index is 5.29. The highest BCUT2D eigenvalue weighted by Crippen LogP contribution is 2.08. The van der Waals surface area contributed by atoms with Gasteiger partial charge >= 0.3 is 0 Å². The quantitative estimate of drug-likeness (QED) is 0.800. The maximum Gasteiger partial charge on any atom is 0.226 e. The van der Waals surface area contributed by atoms with Gasteiger partial charge in [0, 0.05) is 31.3 Å². The van der Waals surface area contributed by atoms with Crippen LogP contribution in [-0.2, 0) is 12.8 Å². The third kappa shape index (κ3) is 4.74. The van der Waals surface area contributed by atoms with Crippen LogP contribution in [0.25, 0.3) is 0 Å². The van der Waals surface area contributed by atoms with E-state index in [9.17, 15) is 0 Å². The first-order chi connectivity index (χ1) is 9.78. The van der Waals surface area contributed by atoms with E-state index in [1.54, 1.807) is 12.4 Å². The molecule has 5 heteroatoms. The predicted molar refractivity (Wildman–Crippen MR) is 77.4 cm³/mol. The Kier molecular flexibility index (Phi) is 5.68. The molecule has 2 heterocycles. The number of nitrogens with zero attached hydrogens (tertiary/aromatic N) is 3. The van der Waals surface area contributed by atoms with E-state index >= 15 is 0 Å². The fourth-order valence-corrected chi connectivity index (χ4v) is 1.98. The van der Waals surface area contributed by atoms with Crippen LogP contribution < -0.4 is 5.32 Å². The Labute approximate surface area is 119 Å². The summed E-state index contributed by atoms with van der Waals surface area (Å²) in [5, 5.41) is 7.48. The molecule has 5 nitrogen and oxygen atoms in total. The van der Waals surface area contributed by atoms with Crippen molar-refractivity contribution in [3.05, 3.63) is 41.8 Å². The average Bonchev–Trinajstić information content (AvgIpc) is 2.91. The lowest BCUT2D eigenvalue weighted by Gasteiger charge is -2.10. The van der Waals surface area contributed by atoms with E-state index in [4.69, 9.17) is 4.52 Å². The molecule has 20 heavy (non-hydrogen) atoms. The van der Waals surface area contributed by atoms with Gasteiger partial charge in [-0.3, -0.25) is 4.98 Å². The fraction of sp³-hybridized carbons (Fsp3) is 0.533. The Morgan fingerprint density at radius 2 is 2.10 bits per heavy atom. The van der Waals surface area contributed by atoms with Crippen molar-refractivity contribution in [3.8, 4) is 0 Å². The molecule has 0 spiro atoms. The van der Waals surface area contributed by atoms with Crippen molar-refractivity contribution in [1.82, 2.24) is 20.4 Å². The standard InChI is InChI=1S/C15H22N4O/c1-3-8-17-12(2)4-5-15-18-14(19-20-15)11-13-6-9-16-10-7-13/h6-7,9-10,12,17H,3-5,8,11H2,1-2H3. The van der Waals surface area contributed by atoms with Gasteiger partial charge in [-0.2, -0.15) is 4.98 Å². The largest absolute Gasteiger partial charge is 0.339 e. The molecule has 0 saturated heterocycles. The second kappa shape index (κ2) is 7.75. The molecule has 2 aromatic heterocycles. The summed E-state index contributed by atoms with van der Waals surface area (Å²) in [5.41, 5.74) is 1.14. The minimum Gasteiger partial charge on any atom is -0.339 e. The first kappa shape index (κ1) is 14.7. The number of aryl methyl sites for hydroxylation is 1. The van der Waals surface area contributed by atoms with E-state index in [1.807, 2.05) is 12.1 Å². The van der Waals surface area contributed by atoms with Gasteiger partial charge in [-0.15, -0.1) is 0 Å². The molecule has 1 N–H and O–H groups in total. The van der Waals surface area contributed by atoms with Gasteiger partial charge in [0.1, 0.15) is 0 Å². The average molecular weight is 274 g/mol. The first-order valence-electron chi connectivity index (χ1n) is 7.21. The van der Waals surface area contributed by atoms with Gasteiger partial charge < -0.3 is 9.84 Å². The third-order valence-electron chi connectivity index (χ3n) is 3.16. The maximum absolute atomic E-state index is 5.29. The van der Waals surface area contributed by atoms with E-state index < -0.39 is 0 Å². The van der Waals surface area contributed by atoms with Crippen molar-refractivity contribution in [3.63, 3.8) is 0 Å². The summed E-state index contributed by atoms with van der Waals surface area (Å²) in [6.45, 7) is 5.41. The monoisotopic (exact) mass is 274 g/mol. The van der Waals surface area contributed by atoms with Gasteiger partial charge in [0.15, 0.2) is 5.82 Å². The van der Waals surface area contributed by atoms with E-state index in [0.29, 0.717) is 12.5 Å². The van der Waals surface area contributed by atoms with Crippen molar-refractivity contribution in [2.45, 2.75) is 45.6 Å². The molecule has 0 aliphatic carbocycles. The number of hydrogen-bond acceptors (Lipinski definition) is 5. The van der Waals surface area contributed by atoms with Crippen LogP contribution in [0, 0.1) is 0 Å². The lowest BCUT2D eigenvalue weighted by molar-refractivity contribution is 0.363.